The first-order chi connectivity index (χ1) is 12.5. The van der Waals surface area contributed by atoms with Crippen molar-refractivity contribution in [3.63, 3.8) is 0 Å². The zero-order valence-corrected chi connectivity index (χ0v) is 15.4. The van der Waals surface area contributed by atoms with Crippen molar-refractivity contribution in [1.29, 1.82) is 0 Å². The van der Waals surface area contributed by atoms with Gasteiger partial charge in [0.1, 0.15) is 18.0 Å². The van der Waals surface area contributed by atoms with Gasteiger partial charge in [0.15, 0.2) is 0 Å². The molecule has 1 N–H and O–H groups in total. The second kappa shape index (κ2) is 7.86. The lowest BCUT2D eigenvalue weighted by Gasteiger charge is -2.10. The van der Waals surface area contributed by atoms with Crippen molar-refractivity contribution in [1.82, 2.24) is 9.55 Å². The van der Waals surface area contributed by atoms with Gasteiger partial charge in [-0.2, -0.15) is 0 Å². The number of carbonyl (C=O) groups is 1. The Labute approximate surface area is 156 Å². The number of fused-ring (bicyclic) bond motifs is 1. The van der Waals surface area contributed by atoms with E-state index in [9.17, 15) is 14.4 Å². The van der Waals surface area contributed by atoms with Crippen LogP contribution < -0.4 is 11.2 Å². The maximum atomic E-state index is 12.3. The molecule has 0 unspecified atom stereocenters. The largest absolute Gasteiger partial charge is 0.463 e. The van der Waals surface area contributed by atoms with Crippen molar-refractivity contribution in [3.05, 3.63) is 55.5 Å². The van der Waals surface area contributed by atoms with Crippen LogP contribution in [0.5, 0.6) is 0 Å². The highest BCUT2D eigenvalue weighted by atomic mass is 35.5. The highest BCUT2D eigenvalue weighted by molar-refractivity contribution is 7.17. The van der Waals surface area contributed by atoms with Crippen LogP contribution in [0.15, 0.2) is 39.2 Å². The molecule has 0 atom stereocenters. The summed E-state index contributed by atoms with van der Waals surface area (Å²) >= 11 is 7.18. The smallest absolute Gasteiger partial charge is 0.330 e. The first-order valence-electron chi connectivity index (χ1n) is 7.68. The summed E-state index contributed by atoms with van der Waals surface area (Å²) in [5.74, 6) is -0.403. The summed E-state index contributed by atoms with van der Waals surface area (Å²) in [7, 11) is 0. The number of thiophene rings is 1. The van der Waals surface area contributed by atoms with E-state index < -0.39 is 17.2 Å². The number of rotatable bonds is 6. The lowest BCUT2D eigenvalue weighted by Crippen LogP contribution is -2.30. The zero-order chi connectivity index (χ0) is 18.7. The molecule has 1 aromatic carbocycles. The number of H-pyrrole nitrogens is 1. The van der Waals surface area contributed by atoms with Gasteiger partial charge in [-0.1, -0.05) is 23.7 Å². The van der Waals surface area contributed by atoms with Crippen LogP contribution in [0.2, 0.25) is 5.02 Å². The average Bonchev–Trinajstić information content (AvgIpc) is 3.03. The van der Waals surface area contributed by atoms with Crippen molar-refractivity contribution in [2.24, 2.45) is 0 Å². The van der Waals surface area contributed by atoms with Gasteiger partial charge < -0.3 is 9.47 Å². The second-order valence-corrected chi connectivity index (χ2v) is 6.71. The van der Waals surface area contributed by atoms with Crippen molar-refractivity contribution >= 4 is 39.1 Å². The lowest BCUT2D eigenvalue weighted by atomic mass is 10.1. The van der Waals surface area contributed by atoms with E-state index in [-0.39, 0.29) is 19.9 Å². The summed E-state index contributed by atoms with van der Waals surface area (Å²) in [5.41, 5.74) is 1.07. The van der Waals surface area contributed by atoms with Crippen molar-refractivity contribution in [2.75, 3.05) is 13.2 Å². The molecule has 0 saturated carbocycles. The Morgan fingerprint density at radius 3 is 2.65 bits per heavy atom. The fourth-order valence-electron chi connectivity index (χ4n) is 2.46. The summed E-state index contributed by atoms with van der Waals surface area (Å²) < 4.78 is 12.0. The predicted molar refractivity (Wildman–Crippen MR) is 99.7 cm³/mol. The molecule has 0 aliphatic heterocycles. The van der Waals surface area contributed by atoms with Gasteiger partial charge in [0.25, 0.3) is 5.56 Å². The highest BCUT2D eigenvalue weighted by Gasteiger charge is 2.15. The number of hydrogen-bond acceptors (Lipinski definition) is 6. The van der Waals surface area contributed by atoms with Crippen LogP contribution in [0.25, 0.3) is 21.3 Å². The molecule has 0 bridgehead atoms. The van der Waals surface area contributed by atoms with Crippen LogP contribution in [0.3, 0.4) is 0 Å². The topological polar surface area (TPSA) is 90.4 Å². The Morgan fingerprint density at radius 2 is 1.96 bits per heavy atom. The molecule has 0 amide bonds. The van der Waals surface area contributed by atoms with Crippen LogP contribution in [-0.4, -0.2) is 28.7 Å². The molecule has 0 spiro atoms. The minimum atomic E-state index is -0.566. The molecule has 0 saturated heterocycles. The third-order valence-electron chi connectivity index (χ3n) is 3.62. The van der Waals surface area contributed by atoms with Gasteiger partial charge in [-0.15, -0.1) is 11.3 Å². The molecule has 0 aliphatic carbocycles. The van der Waals surface area contributed by atoms with Crippen LogP contribution >= 0.6 is 22.9 Å². The van der Waals surface area contributed by atoms with E-state index in [1.165, 1.54) is 22.8 Å². The van der Waals surface area contributed by atoms with Gasteiger partial charge in [0.2, 0.25) is 0 Å². The number of aromatic amines is 1. The fourth-order valence-corrected chi connectivity index (χ4v) is 3.56. The quantitative estimate of drug-likeness (QED) is 0.512. The average molecular weight is 395 g/mol. The Bertz CT molecular complexity index is 1050. The van der Waals surface area contributed by atoms with E-state index in [0.29, 0.717) is 15.2 Å². The molecular weight excluding hydrogens is 380 g/mol. The number of benzene rings is 1. The van der Waals surface area contributed by atoms with E-state index in [1.54, 1.807) is 12.1 Å². The SMILES string of the molecule is CC(=O)OCCOCn1c(=O)[nH]c(=O)c2scc(-c3ccc(Cl)cc3)c21. The number of carbonyl (C=O) groups excluding carboxylic acids is 1. The molecule has 136 valence electrons. The number of ether oxygens (including phenoxy) is 2. The van der Waals surface area contributed by atoms with Crippen LogP contribution in [0.4, 0.5) is 0 Å². The number of halogens is 1. The van der Waals surface area contributed by atoms with Gasteiger partial charge in [-0.05, 0) is 17.7 Å². The van der Waals surface area contributed by atoms with E-state index in [1.807, 2.05) is 17.5 Å². The number of aromatic nitrogens is 2. The molecule has 9 heteroatoms. The third kappa shape index (κ3) is 3.87. The summed E-state index contributed by atoms with van der Waals surface area (Å²) in [5, 5.41) is 2.41. The second-order valence-electron chi connectivity index (χ2n) is 5.40. The predicted octanol–water partition coefficient (Wildman–Crippen LogP) is 2.61. The third-order valence-corrected chi connectivity index (χ3v) is 4.84. The Morgan fingerprint density at radius 1 is 1.23 bits per heavy atom. The maximum absolute atomic E-state index is 12.3. The minimum Gasteiger partial charge on any atom is -0.463 e. The van der Waals surface area contributed by atoms with Gasteiger partial charge in [0, 0.05) is 22.9 Å². The van der Waals surface area contributed by atoms with Gasteiger partial charge in [-0.25, -0.2) is 4.79 Å². The molecule has 3 rings (SSSR count). The minimum absolute atomic E-state index is 0.0787. The zero-order valence-electron chi connectivity index (χ0n) is 13.8. The molecule has 0 radical (unpaired) electrons. The molecule has 26 heavy (non-hydrogen) atoms. The first kappa shape index (κ1) is 18.4. The van der Waals surface area contributed by atoms with Gasteiger partial charge >= 0.3 is 11.7 Å². The van der Waals surface area contributed by atoms with E-state index in [2.05, 4.69) is 4.98 Å². The van der Waals surface area contributed by atoms with E-state index in [4.69, 9.17) is 21.1 Å². The first-order valence-corrected chi connectivity index (χ1v) is 8.94. The van der Waals surface area contributed by atoms with Crippen LogP contribution in [0, 0.1) is 0 Å². The van der Waals surface area contributed by atoms with E-state index >= 15 is 0 Å². The molecule has 0 aliphatic rings. The summed E-state index contributed by atoms with van der Waals surface area (Å²) in [6.45, 7) is 1.45. The highest BCUT2D eigenvalue weighted by Crippen LogP contribution is 2.32. The Balaban J connectivity index is 1.98. The van der Waals surface area contributed by atoms with E-state index in [0.717, 1.165) is 11.1 Å². The van der Waals surface area contributed by atoms with Gasteiger partial charge in [0.05, 0.1) is 12.1 Å². The maximum Gasteiger partial charge on any atom is 0.330 e. The number of nitrogens with zero attached hydrogens (tertiary/aromatic N) is 1. The molecule has 2 heterocycles. The number of esters is 1. The molecular formula is C17H15ClN2O5S. The van der Waals surface area contributed by atoms with Crippen molar-refractivity contribution in [2.45, 2.75) is 13.7 Å². The summed E-state index contributed by atoms with van der Waals surface area (Å²) in [6.07, 6.45) is 0. The normalized spacial score (nSPS) is 11.0. The van der Waals surface area contributed by atoms with Crippen molar-refractivity contribution in [3.8, 4) is 11.1 Å². The standard InChI is InChI=1S/C17H15ClN2O5S/c1-10(21)25-7-6-24-9-20-14-13(11-2-4-12(18)5-3-11)8-26-15(14)16(22)19-17(20)23/h2-5,8H,6-7,9H2,1H3,(H,19,22,23). The fraction of sp³-hybridized carbons (Fsp3) is 0.235. The summed E-state index contributed by atoms with van der Waals surface area (Å²) in [4.78, 5) is 37.5. The molecule has 3 aromatic rings. The number of hydrogen-bond donors (Lipinski definition) is 1. The molecule has 0 fully saturated rings. The van der Waals surface area contributed by atoms with Gasteiger partial charge in [-0.3, -0.25) is 19.1 Å². The molecule has 7 nitrogen and oxygen atoms in total. The number of nitrogens with one attached hydrogen (secondary N) is 1. The lowest BCUT2D eigenvalue weighted by molar-refractivity contribution is -0.142. The Hall–Kier alpha value is -2.42. The monoisotopic (exact) mass is 394 g/mol. The Kier molecular flexibility index (Phi) is 5.55. The van der Waals surface area contributed by atoms with Crippen molar-refractivity contribution < 1.29 is 14.3 Å². The molecule has 2 aromatic heterocycles. The van der Waals surface area contributed by atoms with Crippen LogP contribution in [0.1, 0.15) is 6.92 Å². The van der Waals surface area contributed by atoms with Crippen LogP contribution in [-0.2, 0) is 21.0 Å². The summed E-state index contributed by atoms with van der Waals surface area (Å²) in [6, 6.07) is 7.12.